The second kappa shape index (κ2) is 5.25. The molecule has 2 rings (SSSR count). The fourth-order valence-corrected chi connectivity index (χ4v) is 2.77. The highest BCUT2D eigenvalue weighted by Gasteiger charge is 2.12. The summed E-state index contributed by atoms with van der Waals surface area (Å²) in [5.74, 6) is -0.251. The van der Waals surface area contributed by atoms with Crippen molar-refractivity contribution in [2.45, 2.75) is 19.4 Å². The Balaban J connectivity index is 2.15. The van der Waals surface area contributed by atoms with Crippen molar-refractivity contribution < 1.29 is 4.39 Å². The normalized spacial score (nSPS) is 12.7. The molecule has 5 heteroatoms. The highest BCUT2D eigenvalue weighted by molar-refractivity contribution is 9.10. The molecule has 0 bridgehead atoms. The summed E-state index contributed by atoms with van der Waals surface area (Å²) in [5.41, 5.74) is 7.96. The second-order valence-corrected chi connectivity index (χ2v) is 5.75. The standard InChI is InChI=1S/C12H12BrFN2S/c1-7-16-12(6-17-7)11(15)4-8-2-3-9(14)5-10(8)13/h2-3,5-6,11H,4,15H2,1H3. The zero-order valence-corrected chi connectivity index (χ0v) is 11.7. The largest absolute Gasteiger partial charge is 0.322 e. The second-order valence-electron chi connectivity index (χ2n) is 3.84. The van der Waals surface area contributed by atoms with Gasteiger partial charge >= 0.3 is 0 Å². The van der Waals surface area contributed by atoms with Crippen LogP contribution in [0.15, 0.2) is 28.1 Å². The molecular weight excluding hydrogens is 303 g/mol. The van der Waals surface area contributed by atoms with Crippen molar-refractivity contribution in [2.75, 3.05) is 0 Å². The summed E-state index contributed by atoms with van der Waals surface area (Å²) >= 11 is 4.93. The average Bonchev–Trinajstić information content (AvgIpc) is 2.69. The fraction of sp³-hybridized carbons (Fsp3) is 0.250. The van der Waals surface area contributed by atoms with Gasteiger partial charge in [0.1, 0.15) is 5.82 Å². The number of nitrogens with zero attached hydrogens (tertiary/aromatic N) is 1. The van der Waals surface area contributed by atoms with E-state index in [0.29, 0.717) is 6.42 Å². The first-order valence-corrected chi connectivity index (χ1v) is 6.85. The van der Waals surface area contributed by atoms with E-state index in [0.717, 1.165) is 20.7 Å². The summed E-state index contributed by atoms with van der Waals surface area (Å²) in [6, 6.07) is 4.49. The van der Waals surface area contributed by atoms with Crippen molar-refractivity contribution in [3.63, 3.8) is 0 Å². The van der Waals surface area contributed by atoms with Gasteiger partial charge < -0.3 is 5.73 Å². The van der Waals surface area contributed by atoms with Gasteiger partial charge in [-0.25, -0.2) is 9.37 Å². The molecule has 0 aliphatic rings. The highest BCUT2D eigenvalue weighted by Crippen LogP contribution is 2.24. The van der Waals surface area contributed by atoms with Crippen LogP contribution in [-0.2, 0) is 6.42 Å². The smallest absolute Gasteiger partial charge is 0.124 e. The quantitative estimate of drug-likeness (QED) is 0.940. The van der Waals surface area contributed by atoms with Gasteiger partial charge in [-0.1, -0.05) is 22.0 Å². The molecule has 1 atom stereocenters. The van der Waals surface area contributed by atoms with Crippen molar-refractivity contribution in [3.05, 3.63) is 50.1 Å². The van der Waals surface area contributed by atoms with E-state index >= 15 is 0 Å². The summed E-state index contributed by atoms with van der Waals surface area (Å²) in [4.78, 5) is 4.36. The lowest BCUT2D eigenvalue weighted by molar-refractivity contribution is 0.624. The molecule has 0 spiro atoms. The number of benzene rings is 1. The Morgan fingerprint density at radius 2 is 2.29 bits per heavy atom. The van der Waals surface area contributed by atoms with Gasteiger partial charge in [0.25, 0.3) is 0 Å². The minimum Gasteiger partial charge on any atom is -0.322 e. The van der Waals surface area contributed by atoms with Gasteiger partial charge in [-0.15, -0.1) is 11.3 Å². The Kier molecular flexibility index (Phi) is 3.91. The van der Waals surface area contributed by atoms with E-state index in [1.165, 1.54) is 12.1 Å². The van der Waals surface area contributed by atoms with E-state index in [-0.39, 0.29) is 11.9 Å². The summed E-state index contributed by atoms with van der Waals surface area (Å²) < 4.78 is 13.7. The van der Waals surface area contributed by atoms with Gasteiger partial charge in [-0.2, -0.15) is 0 Å². The van der Waals surface area contributed by atoms with Crippen LogP contribution in [0.5, 0.6) is 0 Å². The Hall–Kier alpha value is -0.780. The summed E-state index contributed by atoms with van der Waals surface area (Å²) in [7, 11) is 0. The Morgan fingerprint density at radius 3 is 2.88 bits per heavy atom. The van der Waals surface area contributed by atoms with Crippen molar-refractivity contribution in [1.82, 2.24) is 4.98 Å². The zero-order chi connectivity index (χ0) is 12.4. The molecule has 0 aliphatic heterocycles. The van der Waals surface area contributed by atoms with Gasteiger partial charge in [0, 0.05) is 9.85 Å². The SMILES string of the molecule is Cc1nc(C(N)Cc2ccc(F)cc2Br)cs1. The third-order valence-electron chi connectivity index (χ3n) is 2.47. The molecule has 2 N–H and O–H groups in total. The number of thiazole rings is 1. The predicted molar refractivity (Wildman–Crippen MR) is 71.6 cm³/mol. The predicted octanol–water partition coefficient (Wildman–Crippen LogP) is 3.60. The van der Waals surface area contributed by atoms with Crippen LogP contribution in [0.2, 0.25) is 0 Å². The number of nitrogens with two attached hydrogens (primary N) is 1. The third-order valence-corrected chi connectivity index (χ3v) is 4.00. The molecule has 1 aromatic heterocycles. The van der Waals surface area contributed by atoms with Crippen molar-refractivity contribution >= 4 is 27.3 Å². The number of hydrogen-bond donors (Lipinski definition) is 1. The molecule has 0 saturated carbocycles. The summed E-state index contributed by atoms with van der Waals surface area (Å²) in [6.45, 7) is 1.95. The van der Waals surface area contributed by atoms with Crippen LogP contribution in [0.1, 0.15) is 22.3 Å². The summed E-state index contributed by atoms with van der Waals surface area (Å²) in [6.07, 6.45) is 0.643. The molecule has 2 aromatic rings. The fourth-order valence-electron chi connectivity index (χ4n) is 1.58. The van der Waals surface area contributed by atoms with Crippen LogP contribution < -0.4 is 5.73 Å². The monoisotopic (exact) mass is 314 g/mol. The molecular formula is C12H12BrFN2S. The third kappa shape index (κ3) is 3.12. The molecule has 0 amide bonds. The topological polar surface area (TPSA) is 38.9 Å². The van der Waals surface area contributed by atoms with E-state index in [2.05, 4.69) is 20.9 Å². The Bertz CT molecular complexity index is 527. The zero-order valence-electron chi connectivity index (χ0n) is 9.28. The number of aryl methyl sites for hydroxylation is 1. The molecule has 2 nitrogen and oxygen atoms in total. The lowest BCUT2D eigenvalue weighted by Gasteiger charge is -2.10. The van der Waals surface area contributed by atoms with Crippen LogP contribution >= 0.6 is 27.3 Å². The Morgan fingerprint density at radius 1 is 1.53 bits per heavy atom. The molecule has 90 valence electrons. The van der Waals surface area contributed by atoms with Crippen LogP contribution in [0, 0.1) is 12.7 Å². The molecule has 0 aliphatic carbocycles. The van der Waals surface area contributed by atoms with Crippen molar-refractivity contribution in [2.24, 2.45) is 5.73 Å². The lowest BCUT2D eigenvalue weighted by Crippen LogP contribution is -2.14. The highest BCUT2D eigenvalue weighted by atomic mass is 79.9. The van der Waals surface area contributed by atoms with E-state index < -0.39 is 0 Å². The van der Waals surface area contributed by atoms with Gasteiger partial charge in [-0.05, 0) is 31.0 Å². The number of hydrogen-bond acceptors (Lipinski definition) is 3. The molecule has 17 heavy (non-hydrogen) atoms. The number of rotatable bonds is 3. The number of halogens is 2. The van der Waals surface area contributed by atoms with Crippen LogP contribution in [0.3, 0.4) is 0 Å². The maximum absolute atomic E-state index is 12.9. The summed E-state index contributed by atoms with van der Waals surface area (Å²) in [5, 5.41) is 2.98. The van der Waals surface area contributed by atoms with Crippen molar-refractivity contribution in [1.29, 1.82) is 0 Å². The van der Waals surface area contributed by atoms with E-state index in [4.69, 9.17) is 5.73 Å². The molecule has 0 fully saturated rings. The van der Waals surface area contributed by atoms with Crippen molar-refractivity contribution in [3.8, 4) is 0 Å². The minimum atomic E-state index is -0.251. The van der Waals surface area contributed by atoms with Gasteiger partial charge in [0.15, 0.2) is 0 Å². The molecule has 1 aromatic carbocycles. The van der Waals surface area contributed by atoms with E-state index in [9.17, 15) is 4.39 Å². The van der Waals surface area contributed by atoms with Crippen LogP contribution in [-0.4, -0.2) is 4.98 Å². The Labute approximate surface area is 112 Å². The van der Waals surface area contributed by atoms with Crippen LogP contribution in [0.25, 0.3) is 0 Å². The van der Waals surface area contributed by atoms with Crippen LogP contribution in [0.4, 0.5) is 4.39 Å². The molecule has 1 heterocycles. The average molecular weight is 315 g/mol. The first-order chi connectivity index (χ1) is 8.06. The van der Waals surface area contributed by atoms with E-state index in [1.807, 2.05) is 12.3 Å². The number of aromatic nitrogens is 1. The molecule has 0 radical (unpaired) electrons. The van der Waals surface area contributed by atoms with Gasteiger partial charge in [0.05, 0.1) is 16.7 Å². The molecule has 1 unspecified atom stereocenters. The van der Waals surface area contributed by atoms with Gasteiger partial charge in [0.2, 0.25) is 0 Å². The first kappa shape index (κ1) is 12.7. The van der Waals surface area contributed by atoms with Gasteiger partial charge in [-0.3, -0.25) is 0 Å². The maximum atomic E-state index is 12.9. The molecule has 0 saturated heterocycles. The first-order valence-electron chi connectivity index (χ1n) is 5.18. The lowest BCUT2D eigenvalue weighted by atomic mass is 10.0. The maximum Gasteiger partial charge on any atom is 0.124 e. The van der Waals surface area contributed by atoms with E-state index in [1.54, 1.807) is 17.4 Å². The minimum absolute atomic E-state index is 0.151.